The van der Waals surface area contributed by atoms with Crippen LogP contribution in [-0.4, -0.2) is 35.1 Å². The van der Waals surface area contributed by atoms with Crippen molar-refractivity contribution in [3.63, 3.8) is 0 Å². The van der Waals surface area contributed by atoms with Gasteiger partial charge in [-0.15, -0.1) is 0 Å². The lowest BCUT2D eigenvalue weighted by Gasteiger charge is -2.25. The molecule has 7 heteroatoms. The van der Waals surface area contributed by atoms with Crippen LogP contribution in [0.25, 0.3) is 0 Å². The molecule has 1 atom stereocenters. The van der Waals surface area contributed by atoms with E-state index in [2.05, 4.69) is 10.6 Å². The predicted octanol–water partition coefficient (Wildman–Crippen LogP) is 2.69. The van der Waals surface area contributed by atoms with E-state index in [9.17, 15) is 19.2 Å². The highest BCUT2D eigenvalue weighted by Crippen LogP contribution is 2.32. The Kier molecular flexibility index (Phi) is 5.26. The van der Waals surface area contributed by atoms with Crippen molar-refractivity contribution in [3.8, 4) is 0 Å². The zero-order valence-corrected chi connectivity index (χ0v) is 15.7. The first kappa shape index (κ1) is 19.3. The molecular formula is C21H21N3O4. The Labute approximate surface area is 162 Å². The van der Waals surface area contributed by atoms with Gasteiger partial charge in [-0.3, -0.25) is 19.3 Å². The van der Waals surface area contributed by atoms with Gasteiger partial charge in [0.15, 0.2) is 5.78 Å². The molecule has 7 nitrogen and oxygen atoms in total. The number of nitrogens with zero attached hydrogens (tertiary/aromatic N) is 1. The van der Waals surface area contributed by atoms with Gasteiger partial charge in [0.1, 0.15) is 5.54 Å². The highest BCUT2D eigenvalue weighted by Gasteiger charge is 2.51. The Morgan fingerprint density at radius 3 is 2.25 bits per heavy atom. The number of carbonyl (C=O) groups excluding carboxylic acids is 4. The Balaban J connectivity index is 1.79. The van der Waals surface area contributed by atoms with Gasteiger partial charge >= 0.3 is 6.03 Å². The lowest BCUT2D eigenvalue weighted by Crippen LogP contribution is -2.43. The van der Waals surface area contributed by atoms with Crippen LogP contribution < -0.4 is 10.6 Å². The maximum Gasteiger partial charge on any atom is 0.325 e. The van der Waals surface area contributed by atoms with Gasteiger partial charge in [0.2, 0.25) is 5.91 Å². The number of hydrogen-bond donors (Lipinski definition) is 2. The van der Waals surface area contributed by atoms with Crippen LogP contribution in [0.4, 0.5) is 10.5 Å². The number of benzene rings is 2. The van der Waals surface area contributed by atoms with Crippen molar-refractivity contribution in [2.75, 3.05) is 11.9 Å². The van der Waals surface area contributed by atoms with Gasteiger partial charge in [-0.1, -0.05) is 37.3 Å². The zero-order chi connectivity index (χ0) is 20.3. The number of ketones is 1. The van der Waals surface area contributed by atoms with E-state index in [0.29, 0.717) is 23.2 Å². The van der Waals surface area contributed by atoms with E-state index in [4.69, 9.17) is 0 Å². The minimum atomic E-state index is -1.16. The average molecular weight is 379 g/mol. The smallest absolute Gasteiger partial charge is 0.325 e. The molecule has 0 bridgehead atoms. The number of imide groups is 1. The Morgan fingerprint density at radius 1 is 1.04 bits per heavy atom. The molecular weight excluding hydrogens is 358 g/mol. The lowest BCUT2D eigenvalue weighted by molar-refractivity contribution is -0.131. The first-order chi connectivity index (χ1) is 13.4. The van der Waals surface area contributed by atoms with Gasteiger partial charge in [0.05, 0.1) is 6.54 Å². The number of urea groups is 1. The molecule has 3 rings (SSSR count). The van der Waals surface area contributed by atoms with Crippen LogP contribution in [0.1, 0.15) is 36.2 Å². The van der Waals surface area contributed by atoms with E-state index >= 15 is 0 Å². The van der Waals surface area contributed by atoms with Crippen molar-refractivity contribution in [2.45, 2.75) is 25.8 Å². The topological polar surface area (TPSA) is 95.6 Å². The van der Waals surface area contributed by atoms with Crippen LogP contribution in [0, 0.1) is 0 Å². The summed E-state index contributed by atoms with van der Waals surface area (Å²) in [5.74, 6) is -1.01. The zero-order valence-electron chi connectivity index (χ0n) is 15.7. The SMILES string of the molecule is CCC1(c2ccccc2)NC(=O)N(CC(=O)c2ccc(NC(C)=O)cc2)C1=O. The first-order valence-electron chi connectivity index (χ1n) is 8.98. The largest absolute Gasteiger partial charge is 0.326 e. The Bertz CT molecular complexity index is 924. The highest BCUT2D eigenvalue weighted by molar-refractivity contribution is 6.11. The van der Waals surface area contributed by atoms with Gasteiger partial charge < -0.3 is 10.6 Å². The second-order valence-electron chi connectivity index (χ2n) is 6.63. The van der Waals surface area contributed by atoms with Gasteiger partial charge in [0.25, 0.3) is 5.91 Å². The van der Waals surface area contributed by atoms with Crippen LogP contribution >= 0.6 is 0 Å². The monoisotopic (exact) mass is 379 g/mol. The van der Waals surface area contributed by atoms with E-state index in [1.54, 1.807) is 48.5 Å². The van der Waals surface area contributed by atoms with Crippen LogP contribution in [0.5, 0.6) is 0 Å². The molecule has 0 spiro atoms. The molecule has 1 fully saturated rings. The average Bonchev–Trinajstić information content (AvgIpc) is 2.94. The highest BCUT2D eigenvalue weighted by atomic mass is 16.2. The number of rotatable bonds is 6. The number of hydrogen-bond acceptors (Lipinski definition) is 4. The van der Waals surface area contributed by atoms with Crippen molar-refractivity contribution in [1.82, 2.24) is 10.2 Å². The molecule has 28 heavy (non-hydrogen) atoms. The molecule has 0 radical (unpaired) electrons. The summed E-state index contributed by atoms with van der Waals surface area (Å²) in [6, 6.07) is 14.7. The molecule has 1 aliphatic rings. The summed E-state index contributed by atoms with van der Waals surface area (Å²) in [5, 5.41) is 5.37. The van der Waals surface area contributed by atoms with Gasteiger partial charge in [-0.25, -0.2) is 4.79 Å². The van der Waals surface area contributed by atoms with E-state index < -0.39 is 17.5 Å². The lowest BCUT2D eigenvalue weighted by atomic mass is 9.87. The third kappa shape index (κ3) is 3.51. The second-order valence-corrected chi connectivity index (χ2v) is 6.63. The van der Waals surface area contributed by atoms with Crippen molar-refractivity contribution in [2.24, 2.45) is 0 Å². The van der Waals surface area contributed by atoms with Gasteiger partial charge in [-0.2, -0.15) is 0 Å². The summed E-state index contributed by atoms with van der Waals surface area (Å²) in [4.78, 5) is 50.2. The molecule has 1 unspecified atom stereocenters. The van der Waals surface area contributed by atoms with E-state index in [0.717, 1.165) is 4.90 Å². The Hall–Kier alpha value is -3.48. The van der Waals surface area contributed by atoms with Crippen LogP contribution in [0.3, 0.4) is 0 Å². The quantitative estimate of drug-likeness (QED) is 0.596. The molecule has 0 aromatic heterocycles. The number of Topliss-reactive ketones (excluding diaryl/α,β-unsaturated/α-hetero) is 1. The van der Waals surface area contributed by atoms with Crippen LogP contribution in [0.2, 0.25) is 0 Å². The van der Waals surface area contributed by atoms with E-state index in [-0.39, 0.29) is 18.2 Å². The predicted molar refractivity (Wildman–Crippen MR) is 104 cm³/mol. The van der Waals surface area contributed by atoms with Gasteiger partial charge in [0, 0.05) is 18.2 Å². The van der Waals surface area contributed by atoms with Crippen molar-refractivity contribution in [3.05, 3.63) is 65.7 Å². The summed E-state index contributed by atoms with van der Waals surface area (Å²) in [6.07, 6.45) is 0.373. The van der Waals surface area contributed by atoms with E-state index in [1.807, 2.05) is 13.0 Å². The summed E-state index contributed by atoms with van der Waals surface area (Å²) >= 11 is 0. The maximum atomic E-state index is 13.1. The summed E-state index contributed by atoms with van der Waals surface area (Å²) in [7, 11) is 0. The summed E-state index contributed by atoms with van der Waals surface area (Å²) in [6.45, 7) is 2.86. The maximum absolute atomic E-state index is 13.1. The normalized spacial score (nSPS) is 18.7. The molecule has 0 saturated carbocycles. The second kappa shape index (κ2) is 7.64. The van der Waals surface area contributed by atoms with Gasteiger partial charge in [-0.05, 0) is 36.2 Å². The molecule has 2 aromatic carbocycles. The number of anilines is 1. The molecule has 0 aliphatic carbocycles. The fourth-order valence-electron chi connectivity index (χ4n) is 3.31. The van der Waals surface area contributed by atoms with Crippen molar-refractivity contribution in [1.29, 1.82) is 0 Å². The van der Waals surface area contributed by atoms with Crippen molar-refractivity contribution >= 4 is 29.3 Å². The third-order valence-corrected chi connectivity index (χ3v) is 4.80. The Morgan fingerprint density at radius 2 is 1.68 bits per heavy atom. The molecule has 144 valence electrons. The first-order valence-corrected chi connectivity index (χ1v) is 8.98. The number of nitrogens with one attached hydrogen (secondary N) is 2. The van der Waals surface area contributed by atoms with E-state index in [1.165, 1.54) is 6.92 Å². The molecule has 1 aliphatic heterocycles. The van der Waals surface area contributed by atoms with Crippen molar-refractivity contribution < 1.29 is 19.2 Å². The summed E-state index contributed by atoms with van der Waals surface area (Å²) in [5.41, 5.74) is 0.440. The third-order valence-electron chi connectivity index (χ3n) is 4.80. The minimum Gasteiger partial charge on any atom is -0.326 e. The molecule has 2 aromatic rings. The molecule has 4 amide bonds. The number of carbonyl (C=O) groups is 4. The fourth-order valence-corrected chi connectivity index (χ4v) is 3.31. The van der Waals surface area contributed by atoms with Crippen LogP contribution in [-0.2, 0) is 15.1 Å². The molecule has 1 heterocycles. The molecule has 1 saturated heterocycles. The molecule has 2 N–H and O–H groups in total. The van der Waals surface area contributed by atoms with Crippen LogP contribution in [0.15, 0.2) is 54.6 Å². The number of amides is 4. The summed E-state index contributed by atoms with van der Waals surface area (Å²) < 4.78 is 0. The standard InChI is InChI=1S/C21H21N3O4/c1-3-21(16-7-5-4-6-8-16)19(27)24(20(28)23-21)13-18(26)15-9-11-17(12-10-15)22-14(2)25/h4-12H,3,13H2,1-2H3,(H,22,25)(H,23,28). The fraction of sp³-hybridized carbons (Fsp3) is 0.238. The minimum absolute atomic E-state index is 0.213.